The Hall–Kier alpha value is -3.80. The third-order valence-corrected chi connectivity index (χ3v) is 5.15. The summed E-state index contributed by atoms with van der Waals surface area (Å²) in [6.07, 6.45) is 1.53. The fourth-order valence-electron chi connectivity index (χ4n) is 3.68. The van der Waals surface area contributed by atoms with E-state index >= 15 is 0 Å². The molecular weight excluding hydrogens is 392 g/mol. The van der Waals surface area contributed by atoms with Crippen LogP contribution >= 0.6 is 0 Å². The fraction of sp³-hybridized carbons (Fsp3) is 0.200. The van der Waals surface area contributed by atoms with Crippen LogP contribution in [0.1, 0.15) is 29.4 Å². The lowest BCUT2D eigenvalue weighted by Gasteiger charge is -2.14. The summed E-state index contributed by atoms with van der Waals surface area (Å²) in [4.78, 5) is 27.9. The Bertz CT molecular complexity index is 1140. The molecule has 0 bridgehead atoms. The van der Waals surface area contributed by atoms with Gasteiger partial charge in [0.15, 0.2) is 0 Å². The number of carbonyl (C=O) groups excluding carboxylic acids is 2. The van der Waals surface area contributed by atoms with E-state index in [-0.39, 0.29) is 24.1 Å². The predicted molar refractivity (Wildman–Crippen MR) is 118 cm³/mol. The number of ether oxygens (including phenoxy) is 1. The van der Waals surface area contributed by atoms with Gasteiger partial charge in [0.1, 0.15) is 17.2 Å². The standard InChI is InChI=1S/C25H24N2O4/c1-4-30-19-10-8-18(9-11-19)26-23-22(21-12-7-16(2)14-17(21)3)24(28)27(25(23)29)15-20-6-5-13-31-20/h5-14,26H,4,15H2,1-3H3. The second kappa shape index (κ2) is 8.52. The maximum atomic E-state index is 13.4. The van der Waals surface area contributed by atoms with Crippen molar-refractivity contribution in [2.75, 3.05) is 11.9 Å². The summed E-state index contributed by atoms with van der Waals surface area (Å²) in [6, 6.07) is 16.6. The van der Waals surface area contributed by atoms with E-state index in [1.54, 1.807) is 12.1 Å². The number of hydrogen-bond donors (Lipinski definition) is 1. The minimum Gasteiger partial charge on any atom is -0.494 e. The van der Waals surface area contributed by atoms with Crippen molar-refractivity contribution in [1.29, 1.82) is 0 Å². The maximum absolute atomic E-state index is 13.4. The molecule has 1 aromatic heterocycles. The van der Waals surface area contributed by atoms with Gasteiger partial charge in [0.2, 0.25) is 0 Å². The molecule has 0 saturated carbocycles. The number of carbonyl (C=O) groups is 2. The summed E-state index contributed by atoms with van der Waals surface area (Å²) >= 11 is 0. The summed E-state index contributed by atoms with van der Waals surface area (Å²) < 4.78 is 10.8. The van der Waals surface area contributed by atoms with Crippen molar-refractivity contribution in [1.82, 2.24) is 4.90 Å². The Morgan fingerprint density at radius 1 is 1.00 bits per heavy atom. The molecule has 0 radical (unpaired) electrons. The number of anilines is 1. The summed E-state index contributed by atoms with van der Waals surface area (Å²) in [6.45, 7) is 6.51. The lowest BCUT2D eigenvalue weighted by molar-refractivity contribution is -0.137. The van der Waals surface area contributed by atoms with Crippen LogP contribution in [0, 0.1) is 13.8 Å². The average Bonchev–Trinajstić information content (AvgIpc) is 3.34. The molecule has 0 saturated heterocycles. The molecule has 4 rings (SSSR count). The van der Waals surface area contributed by atoms with Crippen molar-refractivity contribution >= 4 is 23.1 Å². The number of furan rings is 1. The number of rotatable bonds is 7. The van der Waals surface area contributed by atoms with Gasteiger partial charge in [-0.15, -0.1) is 0 Å². The Labute approximate surface area is 181 Å². The molecule has 2 aromatic carbocycles. The summed E-state index contributed by atoms with van der Waals surface area (Å²) in [5.74, 6) is 0.556. The van der Waals surface area contributed by atoms with Gasteiger partial charge in [-0.1, -0.05) is 23.8 Å². The van der Waals surface area contributed by atoms with E-state index < -0.39 is 0 Å². The van der Waals surface area contributed by atoms with Gasteiger partial charge in [-0.05, 0) is 68.3 Å². The Morgan fingerprint density at radius 3 is 2.42 bits per heavy atom. The highest BCUT2D eigenvalue weighted by molar-refractivity contribution is 6.36. The van der Waals surface area contributed by atoms with Gasteiger partial charge in [-0.25, -0.2) is 0 Å². The van der Waals surface area contributed by atoms with Crippen LogP contribution in [0.15, 0.2) is 71.0 Å². The molecule has 6 nitrogen and oxygen atoms in total. The van der Waals surface area contributed by atoms with Crippen molar-refractivity contribution in [2.45, 2.75) is 27.3 Å². The number of nitrogens with zero attached hydrogens (tertiary/aromatic N) is 1. The zero-order valence-electron chi connectivity index (χ0n) is 17.8. The highest BCUT2D eigenvalue weighted by atomic mass is 16.5. The maximum Gasteiger partial charge on any atom is 0.278 e. The molecule has 0 spiro atoms. The Balaban J connectivity index is 1.73. The smallest absolute Gasteiger partial charge is 0.278 e. The second-order valence-corrected chi connectivity index (χ2v) is 7.43. The number of benzene rings is 2. The lowest BCUT2D eigenvalue weighted by Crippen LogP contribution is -2.31. The second-order valence-electron chi connectivity index (χ2n) is 7.43. The zero-order chi connectivity index (χ0) is 22.0. The molecule has 2 amide bonds. The number of nitrogens with one attached hydrogen (secondary N) is 1. The van der Waals surface area contributed by atoms with E-state index in [1.165, 1.54) is 11.2 Å². The normalized spacial score (nSPS) is 13.8. The van der Waals surface area contributed by atoms with Gasteiger partial charge < -0.3 is 14.5 Å². The van der Waals surface area contributed by atoms with E-state index in [2.05, 4.69) is 5.32 Å². The van der Waals surface area contributed by atoms with Crippen molar-refractivity contribution in [3.8, 4) is 5.75 Å². The molecule has 0 unspecified atom stereocenters. The Morgan fingerprint density at radius 2 is 1.77 bits per heavy atom. The van der Waals surface area contributed by atoms with Crippen molar-refractivity contribution < 1.29 is 18.7 Å². The largest absolute Gasteiger partial charge is 0.494 e. The SMILES string of the molecule is CCOc1ccc(NC2=C(c3ccc(C)cc3C)C(=O)N(Cc3ccco3)C2=O)cc1. The third kappa shape index (κ3) is 4.10. The van der Waals surface area contributed by atoms with Crippen LogP contribution in [0.2, 0.25) is 0 Å². The summed E-state index contributed by atoms with van der Waals surface area (Å²) in [5, 5.41) is 3.17. The van der Waals surface area contributed by atoms with Gasteiger partial charge in [0, 0.05) is 5.69 Å². The highest BCUT2D eigenvalue weighted by Crippen LogP contribution is 2.33. The fourth-order valence-corrected chi connectivity index (χ4v) is 3.68. The van der Waals surface area contributed by atoms with E-state index in [0.29, 0.717) is 23.6 Å². The first-order valence-electron chi connectivity index (χ1n) is 10.2. The van der Waals surface area contributed by atoms with Crippen molar-refractivity contribution in [3.05, 3.63) is 89.0 Å². The van der Waals surface area contributed by atoms with Crippen LogP contribution < -0.4 is 10.1 Å². The molecule has 6 heteroatoms. The van der Waals surface area contributed by atoms with Gasteiger partial charge in [0.05, 0.1) is 25.0 Å². The summed E-state index contributed by atoms with van der Waals surface area (Å²) in [7, 11) is 0. The first kappa shape index (κ1) is 20.5. The third-order valence-electron chi connectivity index (χ3n) is 5.15. The summed E-state index contributed by atoms with van der Waals surface area (Å²) in [5.41, 5.74) is 4.07. The first-order chi connectivity index (χ1) is 15.0. The van der Waals surface area contributed by atoms with Crippen LogP contribution in [-0.2, 0) is 16.1 Å². The molecule has 0 atom stereocenters. The highest BCUT2D eigenvalue weighted by Gasteiger charge is 2.40. The molecule has 31 heavy (non-hydrogen) atoms. The number of hydrogen-bond acceptors (Lipinski definition) is 5. The molecule has 1 aliphatic rings. The topological polar surface area (TPSA) is 71.8 Å². The van der Waals surface area contributed by atoms with Crippen LogP contribution in [0.3, 0.4) is 0 Å². The van der Waals surface area contributed by atoms with E-state index in [9.17, 15) is 9.59 Å². The molecule has 0 fully saturated rings. The van der Waals surface area contributed by atoms with E-state index in [1.807, 2.05) is 63.2 Å². The Kier molecular flexibility index (Phi) is 5.62. The van der Waals surface area contributed by atoms with Crippen LogP contribution in [0.25, 0.3) is 5.57 Å². The van der Waals surface area contributed by atoms with E-state index in [0.717, 1.165) is 22.4 Å². The monoisotopic (exact) mass is 416 g/mol. The van der Waals surface area contributed by atoms with Gasteiger partial charge >= 0.3 is 0 Å². The van der Waals surface area contributed by atoms with Crippen LogP contribution in [0.4, 0.5) is 5.69 Å². The molecular formula is C25H24N2O4. The van der Waals surface area contributed by atoms with Crippen molar-refractivity contribution in [2.24, 2.45) is 0 Å². The number of amides is 2. The molecule has 1 aliphatic heterocycles. The molecule has 0 aliphatic carbocycles. The molecule has 1 N–H and O–H groups in total. The van der Waals surface area contributed by atoms with Crippen LogP contribution in [0.5, 0.6) is 5.75 Å². The number of imide groups is 1. The quantitative estimate of drug-likeness (QED) is 0.566. The first-order valence-corrected chi connectivity index (χ1v) is 10.2. The zero-order valence-corrected chi connectivity index (χ0v) is 17.8. The molecule has 3 aromatic rings. The molecule has 158 valence electrons. The van der Waals surface area contributed by atoms with Gasteiger partial charge in [0.25, 0.3) is 11.8 Å². The van der Waals surface area contributed by atoms with Crippen LogP contribution in [-0.4, -0.2) is 23.3 Å². The lowest BCUT2D eigenvalue weighted by atomic mass is 9.97. The minimum atomic E-state index is -0.384. The molecule has 2 heterocycles. The van der Waals surface area contributed by atoms with E-state index in [4.69, 9.17) is 9.15 Å². The minimum absolute atomic E-state index is 0.0769. The van der Waals surface area contributed by atoms with Gasteiger partial charge in [-0.2, -0.15) is 0 Å². The number of aryl methyl sites for hydroxylation is 2. The van der Waals surface area contributed by atoms with Gasteiger partial charge in [-0.3, -0.25) is 14.5 Å². The average molecular weight is 416 g/mol. The van der Waals surface area contributed by atoms with Crippen molar-refractivity contribution in [3.63, 3.8) is 0 Å². The predicted octanol–water partition coefficient (Wildman–Crippen LogP) is 4.69.